The molecule has 8 heteroatoms. The molecule has 1 heterocycles. The molecule has 0 bridgehead atoms. The Morgan fingerprint density at radius 2 is 1.59 bits per heavy atom. The molecule has 0 aromatic heterocycles. The van der Waals surface area contributed by atoms with Gasteiger partial charge in [-0.25, -0.2) is 9.69 Å². The van der Waals surface area contributed by atoms with Gasteiger partial charge in [-0.2, -0.15) is 0 Å². The number of nitrogens with zero attached hydrogens (tertiary/aromatic N) is 1. The summed E-state index contributed by atoms with van der Waals surface area (Å²) in [5.41, 5.74) is 8.52. The fourth-order valence-electron chi connectivity index (χ4n) is 3.55. The summed E-state index contributed by atoms with van der Waals surface area (Å²) < 4.78 is 0. The van der Waals surface area contributed by atoms with E-state index in [2.05, 4.69) is 10.6 Å². The van der Waals surface area contributed by atoms with Crippen LogP contribution in [0.5, 0.6) is 0 Å². The van der Waals surface area contributed by atoms with Crippen LogP contribution in [0.1, 0.15) is 42.2 Å². The van der Waals surface area contributed by atoms with Gasteiger partial charge in [0.1, 0.15) is 0 Å². The number of nitrogens with one attached hydrogen (secondary N) is 2. The van der Waals surface area contributed by atoms with Crippen LogP contribution in [0, 0.1) is 6.92 Å². The number of carbonyl (C=O) groups excluding carboxylic acids is 4. The molecule has 1 aliphatic rings. The molecule has 32 heavy (non-hydrogen) atoms. The Kier molecular flexibility index (Phi) is 5.43. The van der Waals surface area contributed by atoms with Crippen molar-refractivity contribution in [2.45, 2.75) is 13.5 Å². The van der Waals surface area contributed by atoms with Gasteiger partial charge in [0.25, 0.3) is 17.7 Å². The second-order valence-electron chi connectivity index (χ2n) is 7.36. The summed E-state index contributed by atoms with van der Waals surface area (Å²) in [6.07, 6.45) is 0. The first-order chi connectivity index (χ1) is 15.3. The molecule has 0 saturated heterocycles. The highest BCUT2D eigenvalue weighted by atomic mass is 16.2. The summed E-state index contributed by atoms with van der Waals surface area (Å²) in [6, 6.07) is 17.8. The number of amides is 5. The second kappa shape index (κ2) is 8.35. The molecule has 0 saturated carbocycles. The molecule has 0 unspecified atom stereocenters. The molecule has 4 rings (SSSR count). The van der Waals surface area contributed by atoms with Crippen molar-refractivity contribution >= 4 is 35.1 Å². The van der Waals surface area contributed by atoms with Crippen molar-refractivity contribution in [3.8, 4) is 0 Å². The summed E-state index contributed by atoms with van der Waals surface area (Å²) in [5.74, 6) is -1.23. The lowest BCUT2D eigenvalue weighted by atomic mass is 10.1. The van der Waals surface area contributed by atoms with Gasteiger partial charge in [0.05, 0.1) is 16.8 Å². The Morgan fingerprint density at radius 3 is 2.28 bits per heavy atom. The topological polar surface area (TPSA) is 122 Å². The van der Waals surface area contributed by atoms with Crippen LogP contribution in [0.4, 0.5) is 16.2 Å². The molecule has 5 amide bonds. The van der Waals surface area contributed by atoms with Crippen molar-refractivity contribution in [3.05, 3.63) is 94.5 Å². The Labute approximate surface area is 184 Å². The highest BCUT2D eigenvalue weighted by Gasteiger charge is 2.37. The van der Waals surface area contributed by atoms with E-state index in [4.69, 9.17) is 5.73 Å². The van der Waals surface area contributed by atoms with Crippen LogP contribution < -0.4 is 21.3 Å². The average Bonchev–Trinajstić information content (AvgIpc) is 3.02. The highest BCUT2D eigenvalue weighted by Crippen LogP contribution is 2.31. The number of fused-ring (bicyclic) bond motifs is 1. The molecule has 0 aliphatic carbocycles. The first-order valence-corrected chi connectivity index (χ1v) is 9.87. The number of urea groups is 1. The molecule has 0 spiro atoms. The number of aryl methyl sites for hydroxylation is 1. The number of rotatable bonds is 5. The number of benzene rings is 3. The number of nitrogens with two attached hydrogens (primary N) is 1. The lowest BCUT2D eigenvalue weighted by Gasteiger charge is -2.16. The van der Waals surface area contributed by atoms with Gasteiger partial charge < -0.3 is 16.4 Å². The number of imide groups is 1. The molecule has 8 nitrogen and oxygen atoms in total. The maximum Gasteiger partial charge on any atom is 0.316 e. The van der Waals surface area contributed by atoms with Gasteiger partial charge in [-0.1, -0.05) is 30.3 Å². The minimum atomic E-state index is -0.656. The van der Waals surface area contributed by atoms with Crippen LogP contribution in [-0.4, -0.2) is 23.8 Å². The zero-order chi connectivity index (χ0) is 22.8. The Morgan fingerprint density at radius 1 is 0.906 bits per heavy atom. The van der Waals surface area contributed by atoms with Crippen molar-refractivity contribution in [1.29, 1.82) is 0 Å². The van der Waals surface area contributed by atoms with Crippen molar-refractivity contribution in [2.75, 3.05) is 10.2 Å². The molecule has 0 radical (unpaired) electrons. The van der Waals surface area contributed by atoms with Crippen LogP contribution >= 0.6 is 0 Å². The van der Waals surface area contributed by atoms with E-state index >= 15 is 0 Å². The average molecular weight is 428 g/mol. The number of carbonyl (C=O) groups is 4. The van der Waals surface area contributed by atoms with Crippen LogP contribution in [-0.2, 0) is 6.54 Å². The van der Waals surface area contributed by atoms with Gasteiger partial charge in [0.2, 0.25) is 0 Å². The van der Waals surface area contributed by atoms with E-state index in [0.717, 1.165) is 16.0 Å². The lowest BCUT2D eigenvalue weighted by molar-refractivity contribution is 0.0923. The fraction of sp³-hybridized carbons (Fsp3) is 0.0833. The molecule has 0 atom stereocenters. The number of hydrogen-bond acceptors (Lipinski definition) is 4. The van der Waals surface area contributed by atoms with Crippen LogP contribution in [0.25, 0.3) is 0 Å². The number of hydrogen-bond donors (Lipinski definition) is 3. The van der Waals surface area contributed by atoms with Gasteiger partial charge in [-0.05, 0) is 54.4 Å². The molecule has 0 fully saturated rings. The third-order valence-electron chi connectivity index (χ3n) is 5.18. The minimum Gasteiger partial charge on any atom is -0.351 e. The Balaban J connectivity index is 1.49. The summed E-state index contributed by atoms with van der Waals surface area (Å²) >= 11 is 0. The zero-order valence-corrected chi connectivity index (χ0v) is 17.2. The zero-order valence-electron chi connectivity index (χ0n) is 17.2. The smallest absolute Gasteiger partial charge is 0.316 e. The molecular formula is C24H20N4O4. The Hall–Kier alpha value is -4.46. The van der Waals surface area contributed by atoms with Crippen LogP contribution in [0.3, 0.4) is 0 Å². The van der Waals surface area contributed by atoms with Gasteiger partial charge in [0, 0.05) is 17.8 Å². The van der Waals surface area contributed by atoms with Crippen LogP contribution in [0.2, 0.25) is 0 Å². The van der Waals surface area contributed by atoms with E-state index in [-0.39, 0.29) is 29.1 Å². The minimum absolute atomic E-state index is 0.202. The third-order valence-corrected chi connectivity index (χ3v) is 5.18. The van der Waals surface area contributed by atoms with Gasteiger partial charge in [0.15, 0.2) is 0 Å². The molecule has 4 N–H and O–H groups in total. The van der Waals surface area contributed by atoms with E-state index in [9.17, 15) is 19.2 Å². The lowest BCUT2D eigenvalue weighted by Crippen LogP contribution is -2.30. The number of para-hydroxylation sites is 1. The van der Waals surface area contributed by atoms with E-state index in [1.165, 1.54) is 18.2 Å². The van der Waals surface area contributed by atoms with E-state index in [1.807, 2.05) is 19.1 Å². The normalized spacial score (nSPS) is 12.5. The predicted octanol–water partition coefficient (Wildman–Crippen LogP) is 3.22. The first kappa shape index (κ1) is 20.8. The quantitative estimate of drug-likeness (QED) is 0.540. The van der Waals surface area contributed by atoms with E-state index < -0.39 is 17.8 Å². The van der Waals surface area contributed by atoms with Crippen molar-refractivity contribution < 1.29 is 19.2 Å². The molecular weight excluding hydrogens is 408 g/mol. The summed E-state index contributed by atoms with van der Waals surface area (Å²) in [7, 11) is 0. The first-order valence-electron chi connectivity index (χ1n) is 9.87. The number of primary amides is 1. The van der Waals surface area contributed by atoms with E-state index in [0.29, 0.717) is 11.4 Å². The standard InChI is InChI=1S/C24H20N4O4/c1-14-4-2-3-5-20(14)28-22(30)18-11-8-16(12-19(18)23(28)31)21(29)26-13-15-6-9-17(10-7-15)27-24(25)32/h2-12H,13H2,1H3,(H,26,29)(H3,25,27,32). The summed E-state index contributed by atoms with van der Waals surface area (Å²) in [4.78, 5) is 50.4. The fourth-order valence-corrected chi connectivity index (χ4v) is 3.55. The molecule has 3 aromatic carbocycles. The van der Waals surface area contributed by atoms with Crippen molar-refractivity contribution in [1.82, 2.24) is 5.32 Å². The highest BCUT2D eigenvalue weighted by molar-refractivity contribution is 6.35. The van der Waals surface area contributed by atoms with Crippen LogP contribution in [0.15, 0.2) is 66.7 Å². The predicted molar refractivity (Wildman–Crippen MR) is 120 cm³/mol. The number of anilines is 2. The SMILES string of the molecule is Cc1ccccc1N1C(=O)c2ccc(C(=O)NCc3ccc(NC(N)=O)cc3)cc2C1=O. The van der Waals surface area contributed by atoms with Gasteiger partial charge in [-0.15, -0.1) is 0 Å². The van der Waals surface area contributed by atoms with E-state index in [1.54, 1.807) is 36.4 Å². The third kappa shape index (κ3) is 3.93. The molecule has 3 aromatic rings. The second-order valence-corrected chi connectivity index (χ2v) is 7.36. The molecule has 160 valence electrons. The maximum atomic E-state index is 13.0. The van der Waals surface area contributed by atoms with Gasteiger partial charge >= 0.3 is 6.03 Å². The summed E-state index contributed by atoms with van der Waals surface area (Å²) in [5, 5.41) is 5.25. The largest absolute Gasteiger partial charge is 0.351 e. The van der Waals surface area contributed by atoms with Crippen molar-refractivity contribution in [3.63, 3.8) is 0 Å². The maximum absolute atomic E-state index is 13.0. The molecule has 1 aliphatic heterocycles. The van der Waals surface area contributed by atoms with Crippen molar-refractivity contribution in [2.24, 2.45) is 5.73 Å². The summed E-state index contributed by atoms with van der Waals surface area (Å²) in [6.45, 7) is 2.07. The Bertz CT molecular complexity index is 1250. The monoisotopic (exact) mass is 428 g/mol. The van der Waals surface area contributed by atoms with Gasteiger partial charge in [-0.3, -0.25) is 14.4 Å².